The number of furan rings is 1. The zero-order chi connectivity index (χ0) is 22.2. The van der Waals surface area contributed by atoms with Crippen LogP contribution in [0.3, 0.4) is 0 Å². The molecular formula is C25H26N4O2S. The average molecular weight is 447 g/mol. The number of benzene rings is 2. The van der Waals surface area contributed by atoms with Crippen molar-refractivity contribution in [3.05, 3.63) is 84.3 Å². The SMILES string of the molecule is Cc1ccc(-n2c(SCCCCC(=O)NCc3ccco3)nnc2-c2ccccc2)cc1. The van der Waals surface area contributed by atoms with E-state index < -0.39 is 0 Å². The van der Waals surface area contributed by atoms with Crippen LogP contribution in [-0.4, -0.2) is 26.4 Å². The number of carbonyl (C=O) groups excluding carboxylic acids is 1. The number of nitrogens with zero attached hydrogens (tertiary/aromatic N) is 3. The summed E-state index contributed by atoms with van der Waals surface area (Å²) < 4.78 is 7.34. The maximum Gasteiger partial charge on any atom is 0.220 e. The van der Waals surface area contributed by atoms with Gasteiger partial charge in [-0.15, -0.1) is 10.2 Å². The number of rotatable bonds is 10. The largest absolute Gasteiger partial charge is 0.467 e. The second kappa shape index (κ2) is 10.8. The molecule has 0 atom stereocenters. The molecule has 164 valence electrons. The van der Waals surface area contributed by atoms with Gasteiger partial charge in [0.1, 0.15) is 5.76 Å². The van der Waals surface area contributed by atoms with Gasteiger partial charge in [-0.05, 0) is 44.0 Å². The maximum atomic E-state index is 12.0. The molecule has 0 bridgehead atoms. The van der Waals surface area contributed by atoms with E-state index in [0.717, 1.165) is 46.6 Å². The lowest BCUT2D eigenvalue weighted by atomic mass is 10.2. The van der Waals surface area contributed by atoms with Gasteiger partial charge in [0.2, 0.25) is 5.91 Å². The van der Waals surface area contributed by atoms with Crippen molar-refractivity contribution in [1.29, 1.82) is 0 Å². The number of carbonyl (C=O) groups is 1. The quantitative estimate of drug-likeness (QED) is 0.260. The van der Waals surface area contributed by atoms with Gasteiger partial charge in [-0.25, -0.2) is 0 Å². The molecular weight excluding hydrogens is 420 g/mol. The highest BCUT2D eigenvalue weighted by molar-refractivity contribution is 7.99. The van der Waals surface area contributed by atoms with Gasteiger partial charge in [-0.3, -0.25) is 9.36 Å². The molecule has 0 unspecified atom stereocenters. The standard InChI is InChI=1S/C25H26N4O2S/c1-19-12-14-21(15-13-19)29-24(20-8-3-2-4-9-20)27-28-25(29)32-17-6-5-11-23(30)26-18-22-10-7-16-31-22/h2-4,7-10,12-16H,5-6,11,17-18H2,1H3,(H,26,30). The number of unbranched alkanes of at least 4 members (excludes halogenated alkanes) is 1. The second-order valence-electron chi connectivity index (χ2n) is 7.50. The van der Waals surface area contributed by atoms with Crippen molar-refractivity contribution >= 4 is 17.7 Å². The molecule has 1 amide bonds. The van der Waals surface area contributed by atoms with E-state index in [1.165, 1.54) is 5.56 Å². The van der Waals surface area contributed by atoms with Crippen LogP contribution in [0.1, 0.15) is 30.6 Å². The molecule has 0 spiro atoms. The average Bonchev–Trinajstić information content (AvgIpc) is 3.49. The molecule has 4 rings (SSSR count). The lowest BCUT2D eigenvalue weighted by molar-refractivity contribution is -0.121. The van der Waals surface area contributed by atoms with E-state index in [-0.39, 0.29) is 5.91 Å². The van der Waals surface area contributed by atoms with Crippen molar-refractivity contribution in [3.63, 3.8) is 0 Å². The summed E-state index contributed by atoms with van der Waals surface area (Å²) in [4.78, 5) is 12.0. The van der Waals surface area contributed by atoms with Crippen molar-refractivity contribution in [3.8, 4) is 17.1 Å². The van der Waals surface area contributed by atoms with Crippen LogP contribution in [0.15, 0.2) is 82.6 Å². The van der Waals surface area contributed by atoms with E-state index in [9.17, 15) is 4.79 Å². The van der Waals surface area contributed by atoms with Gasteiger partial charge < -0.3 is 9.73 Å². The van der Waals surface area contributed by atoms with Crippen LogP contribution in [0.5, 0.6) is 0 Å². The highest BCUT2D eigenvalue weighted by atomic mass is 32.2. The molecule has 7 heteroatoms. The third kappa shape index (κ3) is 5.68. The first-order valence-corrected chi connectivity index (χ1v) is 11.7. The molecule has 4 aromatic rings. The van der Waals surface area contributed by atoms with Crippen molar-refractivity contribution in [1.82, 2.24) is 20.1 Å². The summed E-state index contributed by atoms with van der Waals surface area (Å²) >= 11 is 1.67. The number of hydrogen-bond acceptors (Lipinski definition) is 5. The Hall–Kier alpha value is -3.32. The molecule has 0 aliphatic carbocycles. The highest BCUT2D eigenvalue weighted by Gasteiger charge is 2.16. The van der Waals surface area contributed by atoms with Crippen LogP contribution in [-0.2, 0) is 11.3 Å². The van der Waals surface area contributed by atoms with Crippen LogP contribution < -0.4 is 5.32 Å². The van der Waals surface area contributed by atoms with E-state index in [1.807, 2.05) is 42.5 Å². The number of nitrogens with one attached hydrogen (secondary N) is 1. The Bertz CT molecular complexity index is 1120. The Labute approximate surface area is 192 Å². The lowest BCUT2D eigenvalue weighted by Gasteiger charge is -2.11. The summed E-state index contributed by atoms with van der Waals surface area (Å²) in [6, 6.07) is 22.2. The Balaban J connectivity index is 1.35. The molecule has 0 radical (unpaired) electrons. The van der Waals surface area contributed by atoms with E-state index in [2.05, 4.69) is 51.3 Å². The van der Waals surface area contributed by atoms with Gasteiger partial charge in [-0.1, -0.05) is 59.8 Å². The zero-order valence-corrected chi connectivity index (χ0v) is 18.8. The molecule has 6 nitrogen and oxygen atoms in total. The Kier molecular flexibility index (Phi) is 7.40. The fourth-order valence-corrected chi connectivity index (χ4v) is 4.25. The molecule has 0 saturated heterocycles. The summed E-state index contributed by atoms with van der Waals surface area (Å²) in [7, 11) is 0. The summed E-state index contributed by atoms with van der Waals surface area (Å²) in [6.45, 7) is 2.51. The number of aromatic nitrogens is 3. The number of hydrogen-bond donors (Lipinski definition) is 1. The van der Waals surface area contributed by atoms with Gasteiger partial charge in [0.15, 0.2) is 11.0 Å². The highest BCUT2D eigenvalue weighted by Crippen LogP contribution is 2.28. The minimum absolute atomic E-state index is 0.0422. The van der Waals surface area contributed by atoms with Gasteiger partial charge >= 0.3 is 0 Å². The van der Waals surface area contributed by atoms with Gasteiger partial charge in [0, 0.05) is 23.4 Å². The maximum absolute atomic E-state index is 12.0. The minimum atomic E-state index is 0.0422. The predicted molar refractivity (Wildman–Crippen MR) is 127 cm³/mol. The van der Waals surface area contributed by atoms with Crippen LogP contribution in [0.25, 0.3) is 17.1 Å². The molecule has 0 saturated carbocycles. The third-order valence-corrected chi connectivity index (χ3v) is 6.04. The summed E-state index contributed by atoms with van der Waals surface area (Å²) in [5.41, 5.74) is 3.28. The van der Waals surface area contributed by atoms with Gasteiger partial charge in [0.05, 0.1) is 12.8 Å². The van der Waals surface area contributed by atoms with Gasteiger partial charge in [-0.2, -0.15) is 0 Å². The minimum Gasteiger partial charge on any atom is -0.467 e. The van der Waals surface area contributed by atoms with Crippen LogP contribution >= 0.6 is 11.8 Å². The Morgan fingerprint density at radius 1 is 1.00 bits per heavy atom. The predicted octanol–water partition coefficient (Wildman–Crippen LogP) is 5.41. The molecule has 2 heterocycles. The second-order valence-corrected chi connectivity index (χ2v) is 8.57. The Morgan fingerprint density at radius 3 is 2.56 bits per heavy atom. The number of amides is 1. The normalized spacial score (nSPS) is 10.9. The van der Waals surface area contributed by atoms with Crippen LogP contribution in [0.4, 0.5) is 0 Å². The number of thioether (sulfide) groups is 1. The van der Waals surface area contributed by atoms with Crippen molar-refractivity contribution in [2.75, 3.05) is 5.75 Å². The van der Waals surface area contributed by atoms with E-state index in [0.29, 0.717) is 13.0 Å². The molecule has 0 aliphatic rings. The van der Waals surface area contributed by atoms with Gasteiger partial charge in [0.25, 0.3) is 0 Å². The van der Waals surface area contributed by atoms with Crippen LogP contribution in [0.2, 0.25) is 0 Å². The first kappa shape index (κ1) is 21.9. The fraction of sp³-hybridized carbons (Fsp3) is 0.240. The first-order valence-electron chi connectivity index (χ1n) is 10.7. The molecule has 2 aromatic heterocycles. The zero-order valence-electron chi connectivity index (χ0n) is 18.0. The van der Waals surface area contributed by atoms with E-state index in [4.69, 9.17) is 4.42 Å². The molecule has 1 N–H and O–H groups in total. The summed E-state index contributed by atoms with van der Waals surface area (Å²) in [6.07, 6.45) is 3.85. The van der Waals surface area contributed by atoms with Crippen LogP contribution in [0, 0.1) is 6.92 Å². The van der Waals surface area contributed by atoms with E-state index in [1.54, 1.807) is 18.0 Å². The third-order valence-electron chi connectivity index (χ3n) is 5.03. The Morgan fingerprint density at radius 2 is 1.81 bits per heavy atom. The molecule has 2 aromatic carbocycles. The molecule has 0 fully saturated rings. The fourth-order valence-electron chi connectivity index (χ4n) is 3.30. The van der Waals surface area contributed by atoms with E-state index >= 15 is 0 Å². The smallest absolute Gasteiger partial charge is 0.220 e. The lowest BCUT2D eigenvalue weighted by Crippen LogP contribution is -2.22. The monoisotopic (exact) mass is 446 g/mol. The summed E-state index contributed by atoms with van der Waals surface area (Å²) in [5, 5.41) is 12.7. The molecule has 0 aliphatic heterocycles. The number of aryl methyl sites for hydroxylation is 1. The topological polar surface area (TPSA) is 73.0 Å². The van der Waals surface area contributed by atoms with Crippen molar-refractivity contribution in [2.45, 2.75) is 37.9 Å². The summed E-state index contributed by atoms with van der Waals surface area (Å²) in [5.74, 6) is 2.50. The van der Waals surface area contributed by atoms with Crippen molar-refractivity contribution in [2.24, 2.45) is 0 Å². The molecule has 32 heavy (non-hydrogen) atoms. The van der Waals surface area contributed by atoms with Crippen molar-refractivity contribution < 1.29 is 9.21 Å². The first-order chi connectivity index (χ1) is 15.7.